The van der Waals surface area contributed by atoms with E-state index in [-0.39, 0.29) is 9.50 Å². The number of alkyl halides is 3. The Bertz CT molecular complexity index is 398. The molecule has 0 bridgehead atoms. The quantitative estimate of drug-likeness (QED) is 0.364. The van der Waals surface area contributed by atoms with Crippen molar-refractivity contribution in [2.24, 2.45) is 0 Å². The molecule has 15 heavy (non-hydrogen) atoms. The monoisotopic (exact) mass is 302 g/mol. The molecule has 0 aliphatic rings. The third kappa shape index (κ3) is 3.67. The topological polar surface area (TPSA) is 56.0 Å². The first-order chi connectivity index (χ1) is 6.79. The minimum absolute atomic E-state index is 0.0737. The van der Waals surface area contributed by atoms with Gasteiger partial charge in [0, 0.05) is 6.07 Å². The Morgan fingerprint density at radius 1 is 1.53 bits per heavy atom. The molecule has 4 nitrogen and oxygen atoms in total. The van der Waals surface area contributed by atoms with Gasteiger partial charge in [-0.15, -0.1) is 0 Å². The van der Waals surface area contributed by atoms with E-state index in [0.717, 1.165) is 12.3 Å². The summed E-state index contributed by atoms with van der Waals surface area (Å²) in [6.45, 7) is 0. The molecular weight excluding hydrogens is 301 g/mol. The highest BCUT2D eigenvalue weighted by atomic mass is 79.9. The molecule has 0 aliphatic heterocycles. The molecule has 9 heteroatoms. The van der Waals surface area contributed by atoms with Crippen LogP contribution in [0.2, 0.25) is 0 Å². The maximum Gasteiger partial charge on any atom is 0.446 e. The van der Waals surface area contributed by atoms with Gasteiger partial charge in [-0.1, -0.05) is 0 Å². The van der Waals surface area contributed by atoms with Gasteiger partial charge in [-0.3, -0.25) is 10.1 Å². The lowest BCUT2D eigenvalue weighted by atomic mass is 10.4. The van der Waals surface area contributed by atoms with Crippen LogP contribution in [0, 0.1) is 10.1 Å². The molecule has 0 N–H and O–H groups in total. The maximum absolute atomic E-state index is 12.0. The van der Waals surface area contributed by atoms with Gasteiger partial charge in [-0.05, 0) is 27.7 Å². The first-order valence-corrected chi connectivity index (χ1v) is 4.96. The second-order valence-corrected chi connectivity index (χ2v) is 4.15. The number of hydrogen-bond donors (Lipinski definition) is 0. The number of rotatable bonds is 2. The Balaban J connectivity index is 3.06. The fraction of sp³-hybridized carbons (Fsp3) is 0.167. The lowest BCUT2D eigenvalue weighted by molar-refractivity contribution is -0.385. The van der Waals surface area contributed by atoms with E-state index >= 15 is 0 Å². The first-order valence-electron chi connectivity index (χ1n) is 3.35. The molecule has 0 fully saturated rings. The van der Waals surface area contributed by atoms with Gasteiger partial charge in [0.25, 0.3) is 5.69 Å². The van der Waals surface area contributed by atoms with Crippen molar-refractivity contribution in [3.63, 3.8) is 0 Å². The normalized spacial score (nSPS) is 11.5. The van der Waals surface area contributed by atoms with Gasteiger partial charge in [0.1, 0.15) is 10.8 Å². The summed E-state index contributed by atoms with van der Waals surface area (Å²) < 4.78 is 35.9. The van der Waals surface area contributed by atoms with Crippen molar-refractivity contribution >= 4 is 33.4 Å². The molecule has 0 radical (unpaired) electrons. The number of thioether (sulfide) groups is 1. The summed E-state index contributed by atoms with van der Waals surface area (Å²) in [7, 11) is 0. The van der Waals surface area contributed by atoms with Crippen LogP contribution in [0.25, 0.3) is 0 Å². The molecule has 1 aromatic heterocycles. The number of nitrogens with zero attached hydrogens (tertiary/aromatic N) is 2. The molecule has 0 aromatic carbocycles. The molecule has 1 rings (SSSR count). The lowest BCUT2D eigenvalue weighted by Gasteiger charge is -2.06. The summed E-state index contributed by atoms with van der Waals surface area (Å²) in [6, 6.07) is 0.815. The van der Waals surface area contributed by atoms with Crippen molar-refractivity contribution in [1.29, 1.82) is 0 Å². The number of aromatic nitrogens is 1. The van der Waals surface area contributed by atoms with Crippen LogP contribution in [0.3, 0.4) is 0 Å². The van der Waals surface area contributed by atoms with E-state index in [2.05, 4.69) is 20.9 Å². The molecule has 0 amide bonds. The van der Waals surface area contributed by atoms with E-state index in [0.29, 0.717) is 0 Å². The largest absolute Gasteiger partial charge is 0.446 e. The highest BCUT2D eigenvalue weighted by Crippen LogP contribution is 2.40. The Morgan fingerprint density at radius 3 is 2.60 bits per heavy atom. The zero-order valence-electron chi connectivity index (χ0n) is 6.79. The van der Waals surface area contributed by atoms with Gasteiger partial charge >= 0.3 is 5.51 Å². The molecule has 0 unspecified atom stereocenters. The van der Waals surface area contributed by atoms with Crippen LogP contribution in [-0.2, 0) is 0 Å². The number of nitro groups is 1. The van der Waals surface area contributed by atoms with Crippen molar-refractivity contribution in [1.82, 2.24) is 4.98 Å². The molecule has 1 aromatic rings. The number of pyridine rings is 1. The Labute approximate surface area is 94.2 Å². The van der Waals surface area contributed by atoms with Crippen LogP contribution in [-0.4, -0.2) is 15.4 Å². The van der Waals surface area contributed by atoms with Crippen molar-refractivity contribution in [3.8, 4) is 0 Å². The number of halogens is 4. The molecular formula is C6H2BrF3N2O2S. The third-order valence-corrected chi connectivity index (χ3v) is 2.89. The third-order valence-electron chi connectivity index (χ3n) is 1.23. The minimum Gasteiger partial charge on any atom is -0.258 e. The van der Waals surface area contributed by atoms with Gasteiger partial charge in [-0.2, -0.15) is 13.2 Å². The predicted octanol–water partition coefficient (Wildman–Crippen LogP) is 3.36. The highest BCUT2D eigenvalue weighted by Gasteiger charge is 2.31. The van der Waals surface area contributed by atoms with Gasteiger partial charge in [0.15, 0.2) is 0 Å². The minimum atomic E-state index is -4.50. The van der Waals surface area contributed by atoms with Crippen molar-refractivity contribution in [3.05, 3.63) is 27.0 Å². The molecule has 1 heterocycles. The maximum atomic E-state index is 12.0. The zero-order valence-corrected chi connectivity index (χ0v) is 9.19. The van der Waals surface area contributed by atoms with Crippen LogP contribution in [0.15, 0.2) is 21.8 Å². The molecule has 0 saturated heterocycles. The van der Waals surface area contributed by atoms with Gasteiger partial charge in [-0.25, -0.2) is 4.98 Å². The Morgan fingerprint density at radius 2 is 2.13 bits per heavy atom. The van der Waals surface area contributed by atoms with E-state index in [1.54, 1.807) is 0 Å². The van der Waals surface area contributed by atoms with Crippen LogP contribution in [0.5, 0.6) is 0 Å². The fourth-order valence-electron chi connectivity index (χ4n) is 0.714. The smallest absolute Gasteiger partial charge is 0.258 e. The predicted molar refractivity (Wildman–Crippen MR) is 50.5 cm³/mol. The van der Waals surface area contributed by atoms with Crippen LogP contribution in [0.4, 0.5) is 18.9 Å². The van der Waals surface area contributed by atoms with Gasteiger partial charge < -0.3 is 0 Å². The molecule has 0 aliphatic carbocycles. The molecule has 0 atom stereocenters. The second kappa shape index (κ2) is 4.35. The summed E-state index contributed by atoms with van der Waals surface area (Å²) >= 11 is 2.32. The first kappa shape index (κ1) is 12.2. The van der Waals surface area contributed by atoms with E-state index in [1.165, 1.54) is 0 Å². The average molecular weight is 303 g/mol. The molecule has 0 saturated carbocycles. The molecule has 0 spiro atoms. The van der Waals surface area contributed by atoms with E-state index < -0.39 is 27.9 Å². The fourth-order valence-corrected chi connectivity index (χ4v) is 1.74. The zero-order chi connectivity index (χ0) is 11.6. The Hall–Kier alpha value is -0.830. The van der Waals surface area contributed by atoms with E-state index in [1.807, 2.05) is 0 Å². The number of hydrogen-bond acceptors (Lipinski definition) is 4. The summed E-state index contributed by atoms with van der Waals surface area (Å²) in [6.07, 6.45) is 0.879. The summed E-state index contributed by atoms with van der Waals surface area (Å²) in [5.74, 6) is 0. The van der Waals surface area contributed by atoms with Crippen LogP contribution < -0.4 is 0 Å². The standard InChI is InChI=1S/C6H2BrF3N2O2S/c7-5-4(15-6(8,9)10)1-3(2-11-5)12(13)14/h1-2H. The summed E-state index contributed by atoms with van der Waals surface area (Å²) in [5, 5.41) is 10.3. The average Bonchev–Trinajstić information content (AvgIpc) is 2.06. The van der Waals surface area contributed by atoms with Crippen molar-refractivity contribution in [2.45, 2.75) is 10.4 Å². The highest BCUT2D eigenvalue weighted by molar-refractivity contribution is 9.10. The van der Waals surface area contributed by atoms with E-state index in [4.69, 9.17) is 0 Å². The SMILES string of the molecule is O=[N+]([O-])c1cnc(Br)c(SC(F)(F)F)c1. The van der Waals surface area contributed by atoms with Gasteiger partial charge in [0.05, 0.1) is 9.82 Å². The summed E-state index contributed by atoms with van der Waals surface area (Å²) in [4.78, 5) is 12.6. The lowest BCUT2D eigenvalue weighted by Crippen LogP contribution is -2.00. The van der Waals surface area contributed by atoms with Crippen LogP contribution >= 0.6 is 27.7 Å². The van der Waals surface area contributed by atoms with Crippen molar-refractivity contribution in [2.75, 3.05) is 0 Å². The Kier molecular flexibility index (Phi) is 3.55. The van der Waals surface area contributed by atoms with Crippen molar-refractivity contribution < 1.29 is 18.1 Å². The van der Waals surface area contributed by atoms with Crippen LogP contribution in [0.1, 0.15) is 0 Å². The van der Waals surface area contributed by atoms with E-state index in [9.17, 15) is 23.3 Å². The second-order valence-electron chi connectivity index (χ2n) is 2.29. The molecule has 82 valence electrons. The summed E-state index contributed by atoms with van der Waals surface area (Å²) in [5.41, 5.74) is -4.98. The van der Waals surface area contributed by atoms with Gasteiger partial charge in [0.2, 0.25) is 0 Å².